The van der Waals surface area contributed by atoms with E-state index in [0.29, 0.717) is 14.7 Å². The van der Waals surface area contributed by atoms with Crippen LogP contribution in [0.25, 0.3) is 0 Å². The van der Waals surface area contributed by atoms with Gasteiger partial charge in [-0.3, -0.25) is 9.44 Å². The number of hydrogen-bond donors (Lipinski definition) is 2. The highest BCUT2D eigenvalue weighted by atomic mass is 79.9. The van der Waals surface area contributed by atoms with Crippen molar-refractivity contribution in [3.05, 3.63) is 78.5 Å². The largest absolute Gasteiger partial charge is 0.493 e. The number of aromatic nitrogens is 2. The third-order valence-corrected chi connectivity index (χ3v) is 9.82. The molecule has 4 rings (SSSR count). The minimum atomic E-state index is -3.88. The van der Waals surface area contributed by atoms with E-state index in [1.54, 1.807) is 30.3 Å². The summed E-state index contributed by atoms with van der Waals surface area (Å²) in [4.78, 5) is 8.03. The Kier molecular flexibility index (Phi) is 10.8. The molecular formula is C22H18Br2Cl2N4O6S3. The quantitative estimate of drug-likeness (QED) is 0.203. The van der Waals surface area contributed by atoms with Crippen LogP contribution in [0.1, 0.15) is 0 Å². The molecule has 0 radical (unpaired) electrons. The van der Waals surface area contributed by atoms with Gasteiger partial charge in [0.25, 0.3) is 20.0 Å². The van der Waals surface area contributed by atoms with Gasteiger partial charge < -0.3 is 9.47 Å². The second kappa shape index (κ2) is 13.5. The van der Waals surface area contributed by atoms with E-state index in [-0.39, 0.29) is 35.8 Å². The average molecular weight is 761 g/mol. The van der Waals surface area contributed by atoms with Gasteiger partial charge in [-0.15, -0.1) is 11.3 Å². The number of thiophene rings is 1. The Bertz CT molecular complexity index is 1670. The van der Waals surface area contributed by atoms with Crippen LogP contribution in [-0.4, -0.2) is 41.0 Å². The molecule has 1 aromatic carbocycles. The second-order valence-corrected chi connectivity index (χ2v) is 14.6. The zero-order valence-electron chi connectivity index (χ0n) is 19.9. The Morgan fingerprint density at radius 2 is 1.28 bits per heavy atom. The zero-order chi connectivity index (χ0) is 28.8. The van der Waals surface area contributed by atoms with Gasteiger partial charge in [-0.05, 0) is 62.2 Å². The lowest BCUT2D eigenvalue weighted by atomic mass is 10.4. The summed E-state index contributed by atoms with van der Waals surface area (Å²) < 4.78 is 65.3. The number of ether oxygens (including phenoxy) is 2. The van der Waals surface area contributed by atoms with E-state index in [2.05, 4.69) is 51.3 Å². The first-order chi connectivity index (χ1) is 18.4. The number of sulfonamides is 2. The van der Waals surface area contributed by atoms with Crippen molar-refractivity contribution in [1.82, 2.24) is 9.97 Å². The van der Waals surface area contributed by atoms with Crippen molar-refractivity contribution < 1.29 is 26.3 Å². The number of benzene rings is 1. The standard InChI is InChI=1S/C12H11BrN2O3S.C10H7BrCl2N2O3S2/c1-18-11-7-9(13)8-14-12(11)15-19(16,17)10-5-3-2-4-6-10;1-18-6-2-5(11)4-14-10(6)15-20(16,17)7-3-8(12)19-9(7)13/h2-8H,1H3,(H,14,15);2-4H,1H3,(H,14,15). The van der Waals surface area contributed by atoms with Crippen molar-refractivity contribution in [3.63, 3.8) is 0 Å². The first-order valence-corrected chi connectivity index (χ1v) is 16.4. The van der Waals surface area contributed by atoms with Crippen LogP contribution in [-0.2, 0) is 20.0 Å². The van der Waals surface area contributed by atoms with Crippen LogP contribution in [0.3, 0.4) is 0 Å². The highest BCUT2D eigenvalue weighted by Crippen LogP contribution is 2.36. The summed E-state index contributed by atoms with van der Waals surface area (Å²) in [6.45, 7) is 0. The third kappa shape index (κ3) is 8.42. The van der Waals surface area contributed by atoms with Crippen molar-refractivity contribution >= 4 is 98.1 Å². The summed E-state index contributed by atoms with van der Waals surface area (Å²) in [5.41, 5.74) is 0. The fraction of sp³-hybridized carbons (Fsp3) is 0.0909. The molecule has 0 atom stereocenters. The Balaban J connectivity index is 0.000000216. The molecule has 39 heavy (non-hydrogen) atoms. The molecule has 2 N–H and O–H groups in total. The van der Waals surface area contributed by atoms with Crippen molar-refractivity contribution in [3.8, 4) is 11.5 Å². The number of nitrogens with one attached hydrogen (secondary N) is 2. The van der Waals surface area contributed by atoms with Gasteiger partial charge in [-0.1, -0.05) is 41.4 Å². The molecular weight excluding hydrogens is 743 g/mol. The fourth-order valence-corrected chi connectivity index (χ4v) is 7.61. The fourth-order valence-electron chi connectivity index (χ4n) is 2.78. The molecule has 10 nitrogen and oxygen atoms in total. The summed E-state index contributed by atoms with van der Waals surface area (Å²) in [6.07, 6.45) is 2.94. The van der Waals surface area contributed by atoms with Crippen LogP contribution in [0.2, 0.25) is 8.67 Å². The molecule has 0 saturated heterocycles. The summed E-state index contributed by atoms with van der Waals surface area (Å²) >= 11 is 19.0. The number of halogens is 4. The number of nitrogens with zero attached hydrogens (tertiary/aromatic N) is 2. The number of anilines is 2. The predicted molar refractivity (Wildman–Crippen MR) is 159 cm³/mol. The zero-order valence-corrected chi connectivity index (χ0v) is 27.0. The van der Waals surface area contributed by atoms with E-state index >= 15 is 0 Å². The van der Waals surface area contributed by atoms with Crippen LogP contribution in [0.4, 0.5) is 11.6 Å². The summed E-state index contributed by atoms with van der Waals surface area (Å²) in [5.74, 6) is 0.831. The number of rotatable bonds is 8. The van der Waals surface area contributed by atoms with Crippen molar-refractivity contribution in [2.75, 3.05) is 23.7 Å². The van der Waals surface area contributed by atoms with Crippen molar-refractivity contribution in [1.29, 1.82) is 0 Å². The Morgan fingerprint density at radius 1 is 0.795 bits per heavy atom. The molecule has 3 heterocycles. The molecule has 0 fully saturated rings. The topological polar surface area (TPSA) is 137 Å². The summed E-state index contributed by atoms with van der Waals surface area (Å²) in [5, 5.41) is 0. The van der Waals surface area contributed by atoms with Crippen molar-refractivity contribution in [2.24, 2.45) is 0 Å². The molecule has 0 bridgehead atoms. The number of methoxy groups -OCH3 is 2. The highest BCUT2D eigenvalue weighted by molar-refractivity contribution is 9.10. The van der Waals surface area contributed by atoms with Crippen LogP contribution in [0.15, 0.2) is 79.7 Å². The van der Waals surface area contributed by atoms with Gasteiger partial charge in [0.2, 0.25) is 0 Å². The van der Waals surface area contributed by atoms with Gasteiger partial charge in [-0.2, -0.15) is 0 Å². The SMILES string of the molecule is COc1cc(Br)cnc1NS(=O)(=O)c1cc(Cl)sc1Cl.COc1cc(Br)cnc1NS(=O)(=O)c1ccccc1. The first-order valence-electron chi connectivity index (χ1n) is 10.3. The van der Waals surface area contributed by atoms with Gasteiger partial charge in [0.15, 0.2) is 23.1 Å². The molecule has 0 saturated carbocycles. The van der Waals surface area contributed by atoms with Crippen molar-refractivity contribution in [2.45, 2.75) is 9.79 Å². The molecule has 0 aliphatic carbocycles. The third-order valence-electron chi connectivity index (χ3n) is 4.51. The van der Waals surface area contributed by atoms with E-state index in [1.165, 1.54) is 44.8 Å². The van der Waals surface area contributed by atoms with Gasteiger partial charge in [0.05, 0.1) is 23.5 Å². The molecule has 0 amide bonds. The van der Waals surface area contributed by atoms with E-state index < -0.39 is 20.0 Å². The predicted octanol–water partition coefficient (Wildman–Crippen LogP) is 6.68. The van der Waals surface area contributed by atoms with Crippen LogP contribution in [0.5, 0.6) is 11.5 Å². The maximum Gasteiger partial charge on any atom is 0.265 e. The van der Waals surface area contributed by atoms with Gasteiger partial charge in [0, 0.05) is 21.3 Å². The monoisotopic (exact) mass is 758 g/mol. The van der Waals surface area contributed by atoms with Crippen LogP contribution in [0, 0.1) is 0 Å². The lowest BCUT2D eigenvalue weighted by Gasteiger charge is -2.10. The van der Waals surface area contributed by atoms with E-state index in [1.807, 2.05) is 0 Å². The lowest BCUT2D eigenvalue weighted by molar-refractivity contribution is 0.415. The van der Waals surface area contributed by atoms with Crippen LogP contribution < -0.4 is 18.9 Å². The molecule has 4 aromatic rings. The normalized spacial score (nSPS) is 11.2. The first kappa shape index (κ1) is 31.4. The van der Waals surface area contributed by atoms with Crippen LogP contribution >= 0.6 is 66.4 Å². The molecule has 0 aliphatic rings. The summed E-state index contributed by atoms with van der Waals surface area (Å²) in [6, 6.07) is 12.6. The van der Waals surface area contributed by atoms with E-state index in [4.69, 9.17) is 32.7 Å². The molecule has 0 spiro atoms. The molecule has 0 unspecified atom stereocenters. The van der Waals surface area contributed by atoms with Gasteiger partial charge >= 0.3 is 0 Å². The minimum absolute atomic E-state index is 0.0640. The van der Waals surface area contributed by atoms with Gasteiger partial charge in [0.1, 0.15) is 9.23 Å². The Hall–Kier alpha value is -2.14. The second-order valence-electron chi connectivity index (χ2n) is 7.12. The lowest BCUT2D eigenvalue weighted by Crippen LogP contribution is -2.14. The number of hydrogen-bond acceptors (Lipinski definition) is 9. The average Bonchev–Trinajstić information content (AvgIpc) is 3.25. The molecule has 0 aliphatic heterocycles. The summed E-state index contributed by atoms with van der Waals surface area (Å²) in [7, 11) is -4.69. The smallest absolute Gasteiger partial charge is 0.265 e. The van der Waals surface area contributed by atoms with E-state index in [0.717, 1.165) is 11.3 Å². The maximum absolute atomic E-state index is 12.2. The Labute approximate surface area is 256 Å². The maximum atomic E-state index is 12.2. The molecule has 3 aromatic heterocycles. The van der Waals surface area contributed by atoms with E-state index in [9.17, 15) is 16.8 Å². The highest BCUT2D eigenvalue weighted by Gasteiger charge is 2.23. The molecule has 17 heteroatoms. The Morgan fingerprint density at radius 3 is 1.72 bits per heavy atom. The van der Waals surface area contributed by atoms with Gasteiger partial charge in [-0.25, -0.2) is 26.8 Å². The number of pyridine rings is 2. The molecule has 208 valence electrons. The minimum Gasteiger partial charge on any atom is -0.493 e.